The first-order valence-electron chi connectivity index (χ1n) is 8.28. The second kappa shape index (κ2) is 6.40. The summed E-state index contributed by atoms with van der Waals surface area (Å²) in [7, 11) is 0. The van der Waals surface area contributed by atoms with Crippen molar-refractivity contribution < 1.29 is 9.32 Å². The van der Waals surface area contributed by atoms with Gasteiger partial charge in [0.05, 0.1) is 23.3 Å². The fourth-order valence-corrected chi connectivity index (χ4v) is 2.84. The molecule has 3 heterocycles. The lowest BCUT2D eigenvalue weighted by atomic mass is 10.1. The van der Waals surface area contributed by atoms with Gasteiger partial charge in [0.25, 0.3) is 5.91 Å². The molecule has 130 valence electrons. The van der Waals surface area contributed by atoms with Crippen molar-refractivity contribution in [2.24, 2.45) is 0 Å². The molecular weight excluding hydrogens is 328 g/mol. The van der Waals surface area contributed by atoms with Crippen LogP contribution in [0.15, 0.2) is 65.4 Å². The number of hydrogen-bond donors (Lipinski definition) is 2. The first-order valence-corrected chi connectivity index (χ1v) is 8.28. The number of carbonyl (C=O) groups excluding carboxylic acids is 1. The summed E-state index contributed by atoms with van der Waals surface area (Å²) in [6.07, 6.45) is 3.58. The molecule has 0 unspecified atom stereocenters. The maximum absolute atomic E-state index is 12.5. The Kier molecular flexibility index (Phi) is 3.93. The SMILES string of the molecule is Cc1ccc(-c2cc(CNC(=O)c3cn4ccccc4c3N)no2)cc1. The van der Waals surface area contributed by atoms with Gasteiger partial charge in [-0.15, -0.1) is 0 Å². The van der Waals surface area contributed by atoms with Crippen LogP contribution in [-0.4, -0.2) is 15.5 Å². The standard InChI is InChI=1S/C20H18N4O2/c1-13-5-7-14(8-6-13)18-10-15(23-26-18)11-22-20(25)16-12-24-9-3-2-4-17(24)19(16)21/h2-10,12H,11,21H2,1H3,(H,22,25). The van der Waals surface area contributed by atoms with Crippen molar-refractivity contribution in [3.8, 4) is 11.3 Å². The summed E-state index contributed by atoms with van der Waals surface area (Å²) in [4.78, 5) is 12.5. The summed E-state index contributed by atoms with van der Waals surface area (Å²) in [5, 5.41) is 6.86. The summed E-state index contributed by atoms with van der Waals surface area (Å²) >= 11 is 0. The Hall–Kier alpha value is -3.54. The number of nitrogens with zero attached hydrogens (tertiary/aromatic N) is 2. The Bertz CT molecular complexity index is 1080. The fourth-order valence-electron chi connectivity index (χ4n) is 2.84. The zero-order valence-corrected chi connectivity index (χ0v) is 14.3. The Balaban J connectivity index is 1.47. The van der Waals surface area contributed by atoms with Gasteiger partial charge in [0.2, 0.25) is 0 Å². The monoisotopic (exact) mass is 346 g/mol. The van der Waals surface area contributed by atoms with Crippen LogP contribution in [0.1, 0.15) is 21.6 Å². The van der Waals surface area contributed by atoms with Gasteiger partial charge in [-0.3, -0.25) is 4.79 Å². The fraction of sp³-hybridized carbons (Fsp3) is 0.100. The second-order valence-electron chi connectivity index (χ2n) is 6.18. The van der Waals surface area contributed by atoms with Crippen LogP contribution in [-0.2, 0) is 6.54 Å². The normalized spacial score (nSPS) is 11.0. The topological polar surface area (TPSA) is 85.6 Å². The molecule has 0 aliphatic heterocycles. The molecule has 0 atom stereocenters. The van der Waals surface area contributed by atoms with Crippen LogP contribution < -0.4 is 11.1 Å². The number of aryl methyl sites for hydroxylation is 1. The number of amides is 1. The van der Waals surface area contributed by atoms with Crippen molar-refractivity contribution >= 4 is 17.1 Å². The predicted octanol–water partition coefficient (Wildman–Crippen LogP) is 3.41. The average molecular weight is 346 g/mol. The minimum Gasteiger partial charge on any atom is -0.396 e. The molecule has 3 aromatic heterocycles. The van der Waals surface area contributed by atoms with Crippen molar-refractivity contribution in [3.63, 3.8) is 0 Å². The van der Waals surface area contributed by atoms with E-state index in [-0.39, 0.29) is 12.5 Å². The largest absolute Gasteiger partial charge is 0.396 e. The molecule has 0 saturated heterocycles. The third-order valence-corrected chi connectivity index (χ3v) is 4.29. The Labute approximate surface area is 150 Å². The maximum atomic E-state index is 12.5. The molecule has 0 bridgehead atoms. The second-order valence-corrected chi connectivity index (χ2v) is 6.18. The molecule has 0 fully saturated rings. The highest BCUT2D eigenvalue weighted by atomic mass is 16.5. The number of nitrogen functional groups attached to an aromatic ring is 1. The third kappa shape index (κ3) is 2.93. The minimum absolute atomic E-state index is 0.244. The zero-order valence-electron chi connectivity index (χ0n) is 14.3. The van der Waals surface area contributed by atoms with E-state index in [4.69, 9.17) is 10.3 Å². The van der Waals surface area contributed by atoms with Gasteiger partial charge in [-0.05, 0) is 19.1 Å². The molecule has 0 radical (unpaired) electrons. The number of rotatable bonds is 4. The Morgan fingerprint density at radius 3 is 2.81 bits per heavy atom. The summed E-state index contributed by atoms with van der Waals surface area (Å²) < 4.78 is 7.20. The number of pyridine rings is 1. The highest BCUT2D eigenvalue weighted by molar-refractivity contribution is 6.03. The van der Waals surface area contributed by atoms with E-state index in [9.17, 15) is 4.79 Å². The maximum Gasteiger partial charge on any atom is 0.255 e. The summed E-state index contributed by atoms with van der Waals surface area (Å²) in [6, 6.07) is 15.4. The average Bonchev–Trinajstić information content (AvgIpc) is 3.26. The molecule has 1 amide bonds. The van der Waals surface area contributed by atoms with Gasteiger partial charge >= 0.3 is 0 Å². The summed E-state index contributed by atoms with van der Waals surface area (Å²) in [5.41, 5.74) is 10.6. The zero-order chi connectivity index (χ0) is 18.1. The number of carbonyl (C=O) groups is 1. The Morgan fingerprint density at radius 1 is 1.23 bits per heavy atom. The molecule has 4 aromatic rings. The minimum atomic E-state index is -0.244. The van der Waals surface area contributed by atoms with Gasteiger partial charge in [-0.25, -0.2) is 0 Å². The third-order valence-electron chi connectivity index (χ3n) is 4.29. The van der Waals surface area contributed by atoms with Crippen LogP contribution in [0.3, 0.4) is 0 Å². The van der Waals surface area contributed by atoms with Crippen molar-refractivity contribution in [2.45, 2.75) is 13.5 Å². The number of nitrogens with two attached hydrogens (primary N) is 1. The molecule has 0 saturated carbocycles. The van der Waals surface area contributed by atoms with Gasteiger partial charge in [-0.2, -0.15) is 0 Å². The highest BCUT2D eigenvalue weighted by Gasteiger charge is 2.15. The van der Waals surface area contributed by atoms with E-state index < -0.39 is 0 Å². The Morgan fingerprint density at radius 2 is 2.04 bits per heavy atom. The van der Waals surface area contributed by atoms with Crippen LogP contribution in [0.25, 0.3) is 16.8 Å². The molecule has 1 aromatic carbocycles. The molecule has 0 spiro atoms. The van der Waals surface area contributed by atoms with Gasteiger partial charge in [0, 0.05) is 24.0 Å². The quantitative estimate of drug-likeness (QED) is 0.593. The first kappa shape index (κ1) is 16.0. The van der Waals surface area contributed by atoms with Crippen LogP contribution in [0.4, 0.5) is 5.69 Å². The number of benzene rings is 1. The van der Waals surface area contributed by atoms with Crippen molar-refractivity contribution in [3.05, 3.63) is 77.7 Å². The highest BCUT2D eigenvalue weighted by Crippen LogP contribution is 2.22. The number of anilines is 1. The van der Waals surface area contributed by atoms with Gasteiger partial charge in [-0.1, -0.05) is 41.1 Å². The van der Waals surface area contributed by atoms with Crippen LogP contribution in [0.2, 0.25) is 0 Å². The number of nitrogens with one attached hydrogen (secondary N) is 1. The molecule has 0 aliphatic rings. The number of hydrogen-bond acceptors (Lipinski definition) is 4. The van der Waals surface area contributed by atoms with Crippen molar-refractivity contribution in [1.82, 2.24) is 14.9 Å². The molecule has 6 heteroatoms. The number of fused-ring (bicyclic) bond motifs is 1. The predicted molar refractivity (Wildman–Crippen MR) is 99.7 cm³/mol. The van der Waals surface area contributed by atoms with Crippen LogP contribution in [0.5, 0.6) is 0 Å². The van der Waals surface area contributed by atoms with Crippen LogP contribution in [0, 0.1) is 6.92 Å². The first-order chi connectivity index (χ1) is 12.6. The molecule has 3 N–H and O–H groups in total. The van der Waals surface area contributed by atoms with E-state index >= 15 is 0 Å². The van der Waals surface area contributed by atoms with E-state index in [0.29, 0.717) is 22.7 Å². The molecule has 26 heavy (non-hydrogen) atoms. The van der Waals surface area contributed by atoms with Crippen molar-refractivity contribution in [1.29, 1.82) is 0 Å². The van der Waals surface area contributed by atoms with Crippen molar-refractivity contribution in [2.75, 3.05) is 5.73 Å². The van der Waals surface area contributed by atoms with Gasteiger partial charge < -0.3 is 20.0 Å². The van der Waals surface area contributed by atoms with E-state index in [0.717, 1.165) is 11.1 Å². The summed E-state index contributed by atoms with van der Waals surface area (Å²) in [6.45, 7) is 2.29. The molecule has 0 aliphatic carbocycles. The lowest BCUT2D eigenvalue weighted by Gasteiger charge is -2.01. The molecule has 6 nitrogen and oxygen atoms in total. The van der Waals surface area contributed by atoms with E-state index in [1.807, 2.05) is 66.1 Å². The van der Waals surface area contributed by atoms with E-state index in [1.165, 1.54) is 5.56 Å². The lowest BCUT2D eigenvalue weighted by molar-refractivity contribution is 0.0951. The van der Waals surface area contributed by atoms with E-state index in [2.05, 4.69) is 10.5 Å². The smallest absolute Gasteiger partial charge is 0.255 e. The molecule has 4 rings (SSSR count). The van der Waals surface area contributed by atoms with Crippen LogP contribution >= 0.6 is 0 Å². The number of aromatic nitrogens is 2. The van der Waals surface area contributed by atoms with E-state index in [1.54, 1.807) is 6.20 Å². The van der Waals surface area contributed by atoms with Gasteiger partial charge in [0.15, 0.2) is 5.76 Å². The summed E-state index contributed by atoms with van der Waals surface area (Å²) in [5.74, 6) is 0.425. The molecular formula is C20H18N4O2. The lowest BCUT2D eigenvalue weighted by Crippen LogP contribution is -2.23. The van der Waals surface area contributed by atoms with Gasteiger partial charge in [0.1, 0.15) is 5.69 Å².